The molecule has 0 saturated heterocycles. The molecule has 0 bridgehead atoms. The molecule has 0 amide bonds. The van der Waals surface area contributed by atoms with Crippen LogP contribution in [-0.2, 0) is 9.47 Å². The lowest BCUT2D eigenvalue weighted by Gasteiger charge is -2.16. The van der Waals surface area contributed by atoms with Crippen molar-refractivity contribution in [3.63, 3.8) is 0 Å². The number of rotatable bonds is 9. The van der Waals surface area contributed by atoms with Gasteiger partial charge in [0.2, 0.25) is 0 Å². The Kier molecular flexibility index (Phi) is 7.91. The van der Waals surface area contributed by atoms with Crippen LogP contribution < -0.4 is 0 Å². The smallest absolute Gasteiger partial charge is 0.338 e. The Bertz CT molecular complexity index is 340. The van der Waals surface area contributed by atoms with Crippen LogP contribution in [0.3, 0.4) is 0 Å². The first-order chi connectivity index (χ1) is 9.27. The van der Waals surface area contributed by atoms with Gasteiger partial charge in [-0.05, 0) is 30.9 Å². The summed E-state index contributed by atoms with van der Waals surface area (Å²) >= 11 is 0. The Morgan fingerprint density at radius 1 is 1.21 bits per heavy atom. The zero-order valence-corrected chi connectivity index (χ0v) is 11.9. The third-order valence-corrected chi connectivity index (χ3v) is 3.16. The molecule has 1 atom stereocenters. The molecule has 3 nitrogen and oxygen atoms in total. The molecule has 1 unspecified atom stereocenters. The van der Waals surface area contributed by atoms with Gasteiger partial charge in [-0.1, -0.05) is 38.0 Å². The van der Waals surface area contributed by atoms with Crippen LogP contribution in [0.15, 0.2) is 30.3 Å². The molecule has 0 radical (unpaired) electrons. The van der Waals surface area contributed by atoms with Crippen molar-refractivity contribution in [2.24, 2.45) is 5.92 Å². The van der Waals surface area contributed by atoms with E-state index in [9.17, 15) is 4.79 Å². The number of hydrogen-bond acceptors (Lipinski definition) is 3. The SMILES string of the molecule is CCCCC(CCOC)COC(=O)c1ccccc1. The zero-order chi connectivity index (χ0) is 13.9. The largest absolute Gasteiger partial charge is 0.462 e. The van der Waals surface area contributed by atoms with E-state index >= 15 is 0 Å². The van der Waals surface area contributed by atoms with Gasteiger partial charge in [0.1, 0.15) is 0 Å². The third kappa shape index (κ3) is 6.39. The summed E-state index contributed by atoms with van der Waals surface area (Å²) < 4.78 is 10.5. The number of methoxy groups -OCH3 is 1. The lowest BCUT2D eigenvalue weighted by Crippen LogP contribution is -2.16. The number of ether oxygens (including phenoxy) is 2. The maximum atomic E-state index is 11.8. The molecule has 0 aliphatic rings. The number of carbonyl (C=O) groups excluding carboxylic acids is 1. The second-order valence-electron chi connectivity index (χ2n) is 4.75. The standard InChI is InChI=1S/C16H24O3/c1-3-4-8-14(11-12-18-2)13-19-16(17)15-9-6-5-7-10-15/h5-7,9-10,14H,3-4,8,11-13H2,1-2H3. The minimum atomic E-state index is -0.237. The maximum absolute atomic E-state index is 11.8. The number of hydrogen-bond donors (Lipinski definition) is 0. The summed E-state index contributed by atoms with van der Waals surface area (Å²) in [5.41, 5.74) is 0.614. The fourth-order valence-corrected chi connectivity index (χ4v) is 1.94. The van der Waals surface area contributed by atoms with Crippen LogP contribution in [0.25, 0.3) is 0 Å². The molecule has 0 aliphatic carbocycles. The van der Waals surface area contributed by atoms with Gasteiger partial charge in [0, 0.05) is 13.7 Å². The van der Waals surface area contributed by atoms with Crippen molar-refractivity contribution in [2.75, 3.05) is 20.3 Å². The van der Waals surface area contributed by atoms with Gasteiger partial charge in [-0.3, -0.25) is 0 Å². The van der Waals surface area contributed by atoms with E-state index in [2.05, 4.69) is 6.92 Å². The second kappa shape index (κ2) is 9.56. The summed E-state index contributed by atoms with van der Waals surface area (Å²) in [4.78, 5) is 11.8. The van der Waals surface area contributed by atoms with Crippen molar-refractivity contribution in [1.29, 1.82) is 0 Å². The molecule has 0 fully saturated rings. The number of unbranched alkanes of at least 4 members (excludes halogenated alkanes) is 1. The van der Waals surface area contributed by atoms with Gasteiger partial charge in [0.15, 0.2) is 0 Å². The van der Waals surface area contributed by atoms with Gasteiger partial charge >= 0.3 is 5.97 Å². The highest BCUT2D eigenvalue weighted by Gasteiger charge is 2.12. The van der Waals surface area contributed by atoms with E-state index in [1.807, 2.05) is 18.2 Å². The van der Waals surface area contributed by atoms with E-state index in [0.29, 0.717) is 18.1 Å². The Balaban J connectivity index is 2.39. The van der Waals surface area contributed by atoms with Gasteiger partial charge in [0.25, 0.3) is 0 Å². The monoisotopic (exact) mass is 264 g/mol. The lowest BCUT2D eigenvalue weighted by atomic mass is 10.00. The number of carbonyl (C=O) groups is 1. The third-order valence-electron chi connectivity index (χ3n) is 3.16. The van der Waals surface area contributed by atoms with Crippen LogP contribution in [0, 0.1) is 5.92 Å². The minimum absolute atomic E-state index is 0.237. The first-order valence-corrected chi connectivity index (χ1v) is 6.99. The Labute approximate surface area is 115 Å². The topological polar surface area (TPSA) is 35.5 Å². The summed E-state index contributed by atoms with van der Waals surface area (Å²) in [5.74, 6) is 0.159. The van der Waals surface area contributed by atoms with Crippen molar-refractivity contribution >= 4 is 5.97 Å². The summed E-state index contributed by atoms with van der Waals surface area (Å²) in [5, 5.41) is 0. The van der Waals surface area contributed by atoms with E-state index in [1.165, 1.54) is 0 Å². The molecule has 0 heterocycles. The van der Waals surface area contributed by atoms with Crippen molar-refractivity contribution in [1.82, 2.24) is 0 Å². The molecule has 106 valence electrons. The Morgan fingerprint density at radius 2 is 1.95 bits per heavy atom. The van der Waals surface area contributed by atoms with Crippen molar-refractivity contribution in [3.8, 4) is 0 Å². The van der Waals surface area contributed by atoms with E-state index in [1.54, 1.807) is 19.2 Å². The molecule has 0 N–H and O–H groups in total. The minimum Gasteiger partial charge on any atom is -0.462 e. The predicted molar refractivity (Wildman–Crippen MR) is 76.2 cm³/mol. The van der Waals surface area contributed by atoms with Crippen molar-refractivity contribution in [3.05, 3.63) is 35.9 Å². The van der Waals surface area contributed by atoms with Gasteiger partial charge in [-0.15, -0.1) is 0 Å². The second-order valence-corrected chi connectivity index (χ2v) is 4.75. The highest BCUT2D eigenvalue weighted by Crippen LogP contribution is 2.14. The van der Waals surface area contributed by atoms with Crippen LogP contribution in [0.4, 0.5) is 0 Å². The summed E-state index contributed by atoms with van der Waals surface area (Å²) in [7, 11) is 1.70. The predicted octanol–water partition coefficient (Wildman–Crippen LogP) is 3.69. The van der Waals surface area contributed by atoms with Crippen LogP contribution in [-0.4, -0.2) is 26.3 Å². The van der Waals surface area contributed by atoms with Crippen LogP contribution in [0.2, 0.25) is 0 Å². The lowest BCUT2D eigenvalue weighted by molar-refractivity contribution is 0.0400. The van der Waals surface area contributed by atoms with Crippen molar-refractivity contribution < 1.29 is 14.3 Å². The van der Waals surface area contributed by atoms with E-state index in [4.69, 9.17) is 9.47 Å². The fraction of sp³-hybridized carbons (Fsp3) is 0.562. The molecular formula is C16H24O3. The molecule has 1 aromatic rings. The normalized spacial score (nSPS) is 12.1. The first-order valence-electron chi connectivity index (χ1n) is 6.99. The van der Waals surface area contributed by atoms with Gasteiger partial charge in [-0.25, -0.2) is 4.79 Å². The molecule has 19 heavy (non-hydrogen) atoms. The summed E-state index contributed by atoms with van der Waals surface area (Å²) in [6.07, 6.45) is 4.36. The zero-order valence-electron chi connectivity index (χ0n) is 11.9. The fourth-order valence-electron chi connectivity index (χ4n) is 1.94. The van der Waals surface area contributed by atoms with Crippen LogP contribution in [0.5, 0.6) is 0 Å². The average Bonchev–Trinajstić information content (AvgIpc) is 2.47. The molecular weight excluding hydrogens is 240 g/mol. The van der Waals surface area contributed by atoms with E-state index < -0.39 is 0 Å². The molecule has 0 aromatic heterocycles. The Morgan fingerprint density at radius 3 is 2.58 bits per heavy atom. The Hall–Kier alpha value is -1.35. The van der Waals surface area contributed by atoms with Crippen LogP contribution >= 0.6 is 0 Å². The summed E-state index contributed by atoms with van der Waals surface area (Å²) in [6.45, 7) is 3.37. The highest BCUT2D eigenvalue weighted by molar-refractivity contribution is 5.89. The molecule has 1 rings (SSSR count). The molecule has 0 spiro atoms. The summed E-state index contributed by atoms with van der Waals surface area (Å²) in [6, 6.07) is 9.13. The van der Waals surface area contributed by atoms with Gasteiger partial charge < -0.3 is 9.47 Å². The van der Waals surface area contributed by atoms with E-state index in [0.717, 1.165) is 32.3 Å². The quantitative estimate of drug-likeness (QED) is 0.638. The molecule has 1 aromatic carbocycles. The number of benzene rings is 1. The van der Waals surface area contributed by atoms with Gasteiger partial charge in [0.05, 0.1) is 12.2 Å². The van der Waals surface area contributed by atoms with Crippen LogP contribution in [0.1, 0.15) is 43.0 Å². The van der Waals surface area contributed by atoms with Crippen molar-refractivity contribution in [2.45, 2.75) is 32.6 Å². The average molecular weight is 264 g/mol. The van der Waals surface area contributed by atoms with Gasteiger partial charge in [-0.2, -0.15) is 0 Å². The molecule has 3 heteroatoms. The number of esters is 1. The van der Waals surface area contributed by atoms with E-state index in [-0.39, 0.29) is 5.97 Å². The first kappa shape index (κ1) is 15.7. The molecule has 0 saturated carbocycles. The maximum Gasteiger partial charge on any atom is 0.338 e. The highest BCUT2D eigenvalue weighted by atomic mass is 16.5. The molecule has 0 aliphatic heterocycles.